The summed E-state index contributed by atoms with van der Waals surface area (Å²) in [6.45, 7) is 7.83. The summed E-state index contributed by atoms with van der Waals surface area (Å²) in [4.78, 5) is 10.9. The zero-order chi connectivity index (χ0) is 13.8. The summed E-state index contributed by atoms with van der Waals surface area (Å²) in [5, 5.41) is 6.41. The van der Waals surface area contributed by atoms with Crippen molar-refractivity contribution in [3.05, 3.63) is 27.5 Å². The Kier molecular flexibility index (Phi) is 4.21. The van der Waals surface area contributed by atoms with E-state index < -0.39 is 0 Å². The van der Waals surface area contributed by atoms with Crippen LogP contribution in [-0.4, -0.2) is 16.5 Å². The maximum Gasteiger partial charge on any atom is 0.223 e. The summed E-state index contributed by atoms with van der Waals surface area (Å²) in [7, 11) is 0. The molecule has 0 saturated carbocycles. The second-order valence-electron chi connectivity index (χ2n) is 4.33. The van der Waals surface area contributed by atoms with Gasteiger partial charge in [0.1, 0.15) is 11.6 Å². The van der Waals surface area contributed by atoms with Gasteiger partial charge in [-0.1, -0.05) is 0 Å². The lowest BCUT2D eigenvalue weighted by atomic mass is 10.3. The fourth-order valence-electron chi connectivity index (χ4n) is 1.74. The van der Waals surface area contributed by atoms with Crippen LogP contribution in [-0.2, 0) is 6.54 Å². The predicted octanol–water partition coefficient (Wildman–Crippen LogP) is 2.78. The fraction of sp³-hybridized carbons (Fsp3) is 0.385. The monoisotopic (exact) mass is 277 g/mol. The van der Waals surface area contributed by atoms with Crippen molar-refractivity contribution in [2.75, 3.05) is 22.9 Å². The third-order valence-corrected chi connectivity index (χ3v) is 3.91. The van der Waals surface area contributed by atoms with Crippen molar-refractivity contribution in [1.29, 1.82) is 0 Å². The molecule has 0 aromatic carbocycles. The SMILES string of the molecule is CCNc1cc(NCc2cc(C)c(C)s2)nc(N)n1. The molecule has 2 heterocycles. The van der Waals surface area contributed by atoms with Crippen molar-refractivity contribution in [3.8, 4) is 0 Å². The van der Waals surface area contributed by atoms with E-state index >= 15 is 0 Å². The first-order valence-electron chi connectivity index (χ1n) is 6.26. The number of aromatic nitrogens is 2. The van der Waals surface area contributed by atoms with Crippen molar-refractivity contribution in [3.63, 3.8) is 0 Å². The molecule has 2 aromatic heterocycles. The molecule has 0 aliphatic carbocycles. The van der Waals surface area contributed by atoms with Crippen molar-refractivity contribution in [2.24, 2.45) is 0 Å². The van der Waals surface area contributed by atoms with Crippen LogP contribution in [0.25, 0.3) is 0 Å². The Morgan fingerprint density at radius 3 is 2.42 bits per heavy atom. The normalized spacial score (nSPS) is 10.5. The number of nitrogens with zero attached hydrogens (tertiary/aromatic N) is 2. The van der Waals surface area contributed by atoms with E-state index in [-0.39, 0.29) is 5.95 Å². The summed E-state index contributed by atoms with van der Waals surface area (Å²) in [5.74, 6) is 1.77. The second-order valence-corrected chi connectivity index (χ2v) is 5.67. The zero-order valence-electron chi connectivity index (χ0n) is 11.4. The number of aryl methyl sites for hydroxylation is 2. The molecule has 6 heteroatoms. The standard InChI is InChI=1S/C13H19N5S/c1-4-15-11-6-12(18-13(14)17-11)16-7-10-5-8(2)9(3)19-10/h5-6H,4,7H2,1-3H3,(H4,14,15,16,17,18). The number of thiophene rings is 1. The molecular formula is C13H19N5S. The topological polar surface area (TPSA) is 75.9 Å². The molecule has 0 unspecified atom stereocenters. The van der Waals surface area contributed by atoms with Gasteiger partial charge >= 0.3 is 0 Å². The van der Waals surface area contributed by atoms with Crippen LogP contribution < -0.4 is 16.4 Å². The molecule has 2 aromatic rings. The van der Waals surface area contributed by atoms with Gasteiger partial charge in [-0.2, -0.15) is 9.97 Å². The van der Waals surface area contributed by atoms with Gasteiger partial charge < -0.3 is 16.4 Å². The highest BCUT2D eigenvalue weighted by molar-refractivity contribution is 7.12. The van der Waals surface area contributed by atoms with E-state index in [9.17, 15) is 0 Å². The summed E-state index contributed by atoms with van der Waals surface area (Å²) in [5.41, 5.74) is 7.02. The van der Waals surface area contributed by atoms with E-state index in [1.54, 1.807) is 11.3 Å². The quantitative estimate of drug-likeness (QED) is 0.783. The summed E-state index contributed by atoms with van der Waals surface area (Å²) in [6, 6.07) is 4.07. The molecule has 5 nitrogen and oxygen atoms in total. The highest BCUT2D eigenvalue weighted by Gasteiger charge is 2.04. The van der Waals surface area contributed by atoms with E-state index in [2.05, 4.69) is 40.5 Å². The molecule has 102 valence electrons. The number of hydrogen-bond donors (Lipinski definition) is 3. The largest absolute Gasteiger partial charge is 0.370 e. The molecule has 0 amide bonds. The lowest BCUT2D eigenvalue weighted by molar-refractivity contribution is 1.09. The highest BCUT2D eigenvalue weighted by Crippen LogP contribution is 2.22. The second kappa shape index (κ2) is 5.88. The van der Waals surface area contributed by atoms with Gasteiger partial charge in [-0.05, 0) is 32.4 Å². The molecule has 4 N–H and O–H groups in total. The molecule has 19 heavy (non-hydrogen) atoms. The molecular weight excluding hydrogens is 258 g/mol. The zero-order valence-corrected chi connectivity index (χ0v) is 12.3. The van der Waals surface area contributed by atoms with E-state index in [4.69, 9.17) is 5.73 Å². The van der Waals surface area contributed by atoms with Gasteiger partial charge in [0.15, 0.2) is 0 Å². The smallest absolute Gasteiger partial charge is 0.223 e. The van der Waals surface area contributed by atoms with E-state index in [1.165, 1.54) is 15.3 Å². The molecule has 0 fully saturated rings. The Labute approximate surface area is 117 Å². The lowest BCUT2D eigenvalue weighted by Crippen LogP contribution is -2.07. The highest BCUT2D eigenvalue weighted by atomic mass is 32.1. The molecule has 0 atom stereocenters. The minimum Gasteiger partial charge on any atom is -0.370 e. The first-order chi connectivity index (χ1) is 9.08. The van der Waals surface area contributed by atoms with Crippen LogP contribution in [0.3, 0.4) is 0 Å². The lowest BCUT2D eigenvalue weighted by Gasteiger charge is -2.08. The first kappa shape index (κ1) is 13.6. The summed E-state index contributed by atoms with van der Waals surface area (Å²) in [6.07, 6.45) is 0. The van der Waals surface area contributed by atoms with Crippen molar-refractivity contribution in [2.45, 2.75) is 27.3 Å². The van der Waals surface area contributed by atoms with Crippen molar-refractivity contribution in [1.82, 2.24) is 9.97 Å². The fourth-order valence-corrected chi connectivity index (χ4v) is 2.74. The average Bonchev–Trinajstić information content (AvgIpc) is 2.66. The van der Waals surface area contributed by atoms with Crippen LogP contribution in [0.1, 0.15) is 22.2 Å². The predicted molar refractivity (Wildman–Crippen MR) is 81.7 cm³/mol. The number of nitrogens with two attached hydrogens (primary N) is 1. The Balaban J connectivity index is 2.06. The van der Waals surface area contributed by atoms with Gasteiger partial charge in [-0.15, -0.1) is 11.3 Å². The van der Waals surface area contributed by atoms with Crippen LogP contribution in [0, 0.1) is 13.8 Å². The third kappa shape index (κ3) is 3.57. The van der Waals surface area contributed by atoms with Gasteiger partial charge in [-0.25, -0.2) is 0 Å². The molecule has 0 bridgehead atoms. The molecule has 0 spiro atoms. The van der Waals surface area contributed by atoms with E-state index in [0.717, 1.165) is 24.7 Å². The summed E-state index contributed by atoms with van der Waals surface area (Å²) < 4.78 is 0. The van der Waals surface area contributed by atoms with Gasteiger partial charge in [0.05, 0.1) is 6.54 Å². The number of rotatable bonds is 5. The van der Waals surface area contributed by atoms with Crippen LogP contribution in [0.15, 0.2) is 12.1 Å². The molecule has 0 aliphatic heterocycles. The third-order valence-electron chi connectivity index (χ3n) is 2.76. The van der Waals surface area contributed by atoms with Gasteiger partial charge in [0.2, 0.25) is 5.95 Å². The molecule has 0 saturated heterocycles. The van der Waals surface area contributed by atoms with E-state index in [1.807, 2.05) is 13.0 Å². The van der Waals surface area contributed by atoms with Gasteiger partial charge in [0, 0.05) is 22.4 Å². The molecule has 2 rings (SSSR count). The maximum atomic E-state index is 5.69. The van der Waals surface area contributed by atoms with Crippen molar-refractivity contribution >= 4 is 28.9 Å². The number of hydrogen-bond acceptors (Lipinski definition) is 6. The van der Waals surface area contributed by atoms with Crippen molar-refractivity contribution < 1.29 is 0 Å². The average molecular weight is 277 g/mol. The van der Waals surface area contributed by atoms with Gasteiger partial charge in [0.25, 0.3) is 0 Å². The van der Waals surface area contributed by atoms with Gasteiger partial charge in [-0.3, -0.25) is 0 Å². The minimum atomic E-state index is 0.277. The van der Waals surface area contributed by atoms with E-state index in [0.29, 0.717) is 0 Å². The van der Waals surface area contributed by atoms with Crippen LogP contribution in [0.4, 0.5) is 17.6 Å². The Morgan fingerprint density at radius 1 is 1.16 bits per heavy atom. The molecule has 0 aliphatic rings. The Bertz CT molecular complexity index is 545. The maximum absolute atomic E-state index is 5.69. The Hall–Kier alpha value is -1.82. The summed E-state index contributed by atoms with van der Waals surface area (Å²) >= 11 is 1.80. The van der Waals surface area contributed by atoms with Crippen LogP contribution >= 0.6 is 11.3 Å². The number of anilines is 3. The van der Waals surface area contributed by atoms with Crippen LogP contribution in [0.2, 0.25) is 0 Å². The van der Waals surface area contributed by atoms with Crippen LogP contribution in [0.5, 0.6) is 0 Å². The number of nitrogen functional groups attached to an aromatic ring is 1. The minimum absolute atomic E-state index is 0.277. The number of nitrogens with one attached hydrogen (secondary N) is 2. The Morgan fingerprint density at radius 2 is 1.84 bits per heavy atom. The first-order valence-corrected chi connectivity index (χ1v) is 7.08. The molecule has 0 radical (unpaired) electrons.